The molecular weight excluding hydrogens is 265 g/mol. The first-order valence-electron chi connectivity index (χ1n) is 5.07. The highest BCUT2D eigenvalue weighted by Gasteiger charge is 2.45. The molecule has 0 radical (unpaired) electrons. The highest BCUT2D eigenvalue weighted by molar-refractivity contribution is 7.91. The second kappa shape index (κ2) is 4.28. The summed E-state index contributed by atoms with van der Waals surface area (Å²) < 4.78 is 59.3. The number of halogens is 3. The summed E-state index contributed by atoms with van der Waals surface area (Å²) in [5.41, 5.74) is -5.06. The Kier molecular flexibility index (Phi) is 3.06. The molecule has 0 amide bonds. The van der Waals surface area contributed by atoms with E-state index in [0.717, 1.165) is 0 Å². The Hall–Kier alpha value is -1.56. The molecule has 96 valence electrons. The molecule has 0 saturated heterocycles. The lowest BCUT2D eigenvalue weighted by Crippen LogP contribution is -2.24. The van der Waals surface area contributed by atoms with Crippen LogP contribution in [-0.4, -0.2) is 13.9 Å². The molecule has 18 heavy (non-hydrogen) atoms. The van der Waals surface area contributed by atoms with E-state index in [4.69, 9.17) is 0 Å². The van der Waals surface area contributed by atoms with Crippen molar-refractivity contribution in [2.45, 2.75) is 11.3 Å². The van der Waals surface area contributed by atoms with Crippen molar-refractivity contribution in [3.63, 3.8) is 0 Å². The maximum atomic E-state index is 12.3. The highest BCUT2D eigenvalue weighted by Crippen LogP contribution is 2.29. The molecule has 0 aliphatic heterocycles. The van der Waals surface area contributed by atoms with Gasteiger partial charge in [0.1, 0.15) is 0 Å². The lowest BCUT2D eigenvalue weighted by molar-refractivity contribution is -0.0437. The number of alkyl halides is 3. The van der Waals surface area contributed by atoms with Crippen LogP contribution < -0.4 is 0 Å². The van der Waals surface area contributed by atoms with E-state index in [-0.39, 0.29) is 5.56 Å². The van der Waals surface area contributed by atoms with Crippen LogP contribution in [0.5, 0.6) is 0 Å². The van der Waals surface area contributed by atoms with E-state index in [1.165, 1.54) is 6.07 Å². The largest absolute Gasteiger partial charge is 0.497 e. The minimum Gasteiger partial charge on any atom is -0.219 e. The van der Waals surface area contributed by atoms with Gasteiger partial charge in [0.15, 0.2) is 0 Å². The van der Waals surface area contributed by atoms with E-state index in [0.29, 0.717) is 10.8 Å². The zero-order chi connectivity index (χ0) is 13.4. The van der Waals surface area contributed by atoms with Crippen LogP contribution in [0.1, 0.15) is 5.56 Å². The van der Waals surface area contributed by atoms with Gasteiger partial charge in [0.05, 0.1) is 5.75 Å². The van der Waals surface area contributed by atoms with Gasteiger partial charge in [0.25, 0.3) is 9.84 Å². The molecule has 0 saturated carbocycles. The Balaban J connectivity index is 2.51. The van der Waals surface area contributed by atoms with Crippen molar-refractivity contribution in [1.29, 1.82) is 0 Å². The van der Waals surface area contributed by atoms with E-state index in [1.54, 1.807) is 36.4 Å². The van der Waals surface area contributed by atoms with Gasteiger partial charge in [-0.1, -0.05) is 42.5 Å². The standard InChI is InChI=1S/C12H9F3O2S/c13-12(14,15)18(16,17)8-10-6-3-5-9-4-1-2-7-11(9)10/h1-7H,8H2. The van der Waals surface area contributed by atoms with Gasteiger partial charge in [0.2, 0.25) is 0 Å². The SMILES string of the molecule is O=S(=O)(Cc1cccc2ccccc12)C(F)(F)F. The van der Waals surface area contributed by atoms with Gasteiger partial charge in [-0.2, -0.15) is 13.2 Å². The molecule has 0 unspecified atom stereocenters. The fourth-order valence-corrected chi connectivity index (χ4v) is 2.53. The predicted molar refractivity (Wildman–Crippen MR) is 62.6 cm³/mol. The number of hydrogen-bond donors (Lipinski definition) is 0. The molecule has 0 aromatic heterocycles. The molecule has 0 atom stereocenters. The van der Waals surface area contributed by atoms with Crippen molar-refractivity contribution in [2.24, 2.45) is 0 Å². The van der Waals surface area contributed by atoms with E-state index in [2.05, 4.69) is 0 Å². The minimum atomic E-state index is -5.22. The van der Waals surface area contributed by atoms with E-state index < -0.39 is 21.1 Å². The molecule has 0 aliphatic rings. The van der Waals surface area contributed by atoms with E-state index >= 15 is 0 Å². The molecule has 0 aliphatic carbocycles. The first kappa shape index (κ1) is 12.9. The molecule has 2 nitrogen and oxygen atoms in total. The summed E-state index contributed by atoms with van der Waals surface area (Å²) in [5.74, 6) is -1.03. The third-order valence-electron chi connectivity index (χ3n) is 2.58. The molecule has 2 aromatic rings. The van der Waals surface area contributed by atoms with Crippen LogP contribution in [0.25, 0.3) is 10.8 Å². The van der Waals surface area contributed by atoms with Crippen LogP contribution in [0.3, 0.4) is 0 Å². The van der Waals surface area contributed by atoms with Crippen molar-refractivity contribution < 1.29 is 21.6 Å². The maximum Gasteiger partial charge on any atom is 0.497 e. The van der Waals surface area contributed by atoms with Gasteiger partial charge in [-0.15, -0.1) is 0 Å². The molecular formula is C12H9F3O2S. The van der Waals surface area contributed by atoms with Crippen LogP contribution >= 0.6 is 0 Å². The highest BCUT2D eigenvalue weighted by atomic mass is 32.2. The molecule has 0 spiro atoms. The van der Waals surface area contributed by atoms with Gasteiger partial charge >= 0.3 is 5.51 Å². The molecule has 0 fully saturated rings. The third-order valence-corrected chi connectivity index (χ3v) is 3.97. The number of benzene rings is 2. The van der Waals surface area contributed by atoms with Gasteiger partial charge in [-0.25, -0.2) is 8.42 Å². The number of hydrogen-bond acceptors (Lipinski definition) is 2. The summed E-state index contributed by atoms with van der Waals surface area (Å²) in [5, 5.41) is 1.24. The Morgan fingerprint density at radius 3 is 2.22 bits per heavy atom. The number of sulfone groups is 1. The monoisotopic (exact) mass is 274 g/mol. The van der Waals surface area contributed by atoms with Crippen LogP contribution in [0, 0.1) is 0 Å². The Morgan fingerprint density at radius 1 is 0.944 bits per heavy atom. The first-order chi connectivity index (χ1) is 8.31. The van der Waals surface area contributed by atoms with Crippen molar-refractivity contribution >= 4 is 20.6 Å². The third kappa shape index (κ3) is 2.33. The minimum absolute atomic E-state index is 0.158. The molecule has 6 heteroatoms. The van der Waals surface area contributed by atoms with E-state index in [9.17, 15) is 21.6 Å². The lowest BCUT2D eigenvalue weighted by Gasteiger charge is -2.10. The van der Waals surface area contributed by atoms with Crippen LogP contribution in [0.2, 0.25) is 0 Å². The van der Waals surface area contributed by atoms with Gasteiger partial charge in [-0.3, -0.25) is 0 Å². The zero-order valence-corrected chi connectivity index (χ0v) is 9.92. The molecule has 2 aromatic carbocycles. The van der Waals surface area contributed by atoms with Gasteiger partial charge < -0.3 is 0 Å². The quantitative estimate of drug-likeness (QED) is 0.842. The summed E-state index contributed by atoms with van der Waals surface area (Å²) in [6.07, 6.45) is 0. The van der Waals surface area contributed by atoms with Crippen molar-refractivity contribution in [3.8, 4) is 0 Å². The Bertz CT molecular complexity index is 670. The van der Waals surface area contributed by atoms with Crippen LogP contribution in [0.4, 0.5) is 13.2 Å². The second-order valence-corrected chi connectivity index (χ2v) is 5.82. The maximum absolute atomic E-state index is 12.3. The van der Waals surface area contributed by atoms with E-state index in [1.807, 2.05) is 0 Å². The van der Waals surface area contributed by atoms with Crippen molar-refractivity contribution in [3.05, 3.63) is 48.0 Å². The predicted octanol–water partition coefficient (Wildman–Crippen LogP) is 3.27. The zero-order valence-electron chi connectivity index (χ0n) is 9.11. The summed E-state index contributed by atoms with van der Waals surface area (Å²) in [7, 11) is -5.14. The summed E-state index contributed by atoms with van der Waals surface area (Å²) in [4.78, 5) is 0. The fourth-order valence-electron chi connectivity index (χ4n) is 1.70. The average Bonchev–Trinajstić information content (AvgIpc) is 2.27. The summed E-state index contributed by atoms with van der Waals surface area (Å²) >= 11 is 0. The molecule has 0 bridgehead atoms. The van der Waals surface area contributed by atoms with Crippen molar-refractivity contribution in [1.82, 2.24) is 0 Å². The number of rotatable bonds is 2. The smallest absolute Gasteiger partial charge is 0.219 e. The first-order valence-corrected chi connectivity index (χ1v) is 6.72. The Morgan fingerprint density at radius 2 is 1.56 bits per heavy atom. The van der Waals surface area contributed by atoms with Gasteiger partial charge in [0, 0.05) is 0 Å². The lowest BCUT2D eigenvalue weighted by atomic mass is 10.1. The topological polar surface area (TPSA) is 34.1 Å². The summed E-state index contributed by atoms with van der Waals surface area (Å²) in [6.45, 7) is 0. The second-order valence-electron chi connectivity index (χ2n) is 3.84. The number of fused-ring (bicyclic) bond motifs is 1. The molecule has 0 heterocycles. The van der Waals surface area contributed by atoms with Crippen LogP contribution in [0.15, 0.2) is 42.5 Å². The van der Waals surface area contributed by atoms with Crippen molar-refractivity contribution in [2.75, 3.05) is 0 Å². The fraction of sp³-hybridized carbons (Fsp3) is 0.167. The molecule has 0 N–H and O–H groups in total. The average molecular weight is 274 g/mol. The normalized spacial score (nSPS) is 12.8. The Labute approximate surface area is 102 Å². The molecule has 2 rings (SSSR count). The van der Waals surface area contributed by atoms with Gasteiger partial charge in [-0.05, 0) is 16.3 Å². The summed E-state index contributed by atoms with van der Waals surface area (Å²) in [6, 6.07) is 11.4. The van der Waals surface area contributed by atoms with Crippen LogP contribution in [-0.2, 0) is 15.6 Å².